The summed E-state index contributed by atoms with van der Waals surface area (Å²) in [7, 11) is 0. The number of rotatable bonds is 50. The van der Waals surface area contributed by atoms with Crippen LogP contribution < -0.4 is 0 Å². The van der Waals surface area contributed by atoms with Crippen LogP contribution in [0.1, 0.15) is 271 Å². The van der Waals surface area contributed by atoms with Crippen molar-refractivity contribution in [2.75, 3.05) is 13.2 Å². The highest BCUT2D eigenvalue weighted by molar-refractivity contribution is 5.71. The maximum Gasteiger partial charge on any atom is 0.306 e. The van der Waals surface area contributed by atoms with Crippen molar-refractivity contribution in [1.29, 1.82) is 0 Å². The number of esters is 3. The minimum absolute atomic E-state index is 0.132. The molecule has 0 aromatic rings. The summed E-state index contributed by atoms with van der Waals surface area (Å²) in [5.41, 5.74) is 0. The molecular formula is C57H104O9. The number of hydrogen-bond donors (Lipinski definition) is 3. The number of aliphatic hydroxyl groups excluding tert-OH is 3. The van der Waals surface area contributed by atoms with Crippen molar-refractivity contribution >= 4 is 17.9 Å². The van der Waals surface area contributed by atoms with Gasteiger partial charge < -0.3 is 29.5 Å². The first-order valence-electron chi connectivity index (χ1n) is 27.7. The molecule has 0 aliphatic rings. The van der Waals surface area contributed by atoms with E-state index in [1.165, 1.54) is 57.8 Å². The van der Waals surface area contributed by atoms with Crippen LogP contribution in [0, 0.1) is 0 Å². The van der Waals surface area contributed by atoms with Crippen LogP contribution in [-0.2, 0) is 28.6 Å². The van der Waals surface area contributed by atoms with Gasteiger partial charge in [0, 0.05) is 19.3 Å². The predicted octanol–water partition coefficient (Wildman–Crippen LogP) is 15.0. The van der Waals surface area contributed by atoms with Crippen LogP contribution >= 0.6 is 0 Å². The number of allylic oxidation sites excluding steroid dienone is 3. The van der Waals surface area contributed by atoms with Crippen LogP contribution in [0.15, 0.2) is 36.5 Å². The largest absolute Gasteiger partial charge is 0.462 e. The zero-order valence-corrected chi connectivity index (χ0v) is 43.1. The molecule has 0 rings (SSSR count). The first-order chi connectivity index (χ1) is 32.2. The molecule has 0 aliphatic heterocycles. The van der Waals surface area contributed by atoms with Crippen LogP contribution in [0.3, 0.4) is 0 Å². The lowest BCUT2D eigenvalue weighted by molar-refractivity contribution is -0.167. The van der Waals surface area contributed by atoms with Gasteiger partial charge in [-0.1, -0.05) is 192 Å². The van der Waals surface area contributed by atoms with Crippen LogP contribution in [0.2, 0.25) is 0 Å². The van der Waals surface area contributed by atoms with Gasteiger partial charge in [0.1, 0.15) is 13.2 Å². The van der Waals surface area contributed by atoms with E-state index in [2.05, 4.69) is 57.2 Å². The molecular weight excluding hydrogens is 829 g/mol. The molecule has 0 amide bonds. The second-order valence-electron chi connectivity index (χ2n) is 19.0. The zero-order chi connectivity index (χ0) is 48.4. The molecule has 0 bridgehead atoms. The van der Waals surface area contributed by atoms with Gasteiger partial charge in [0.25, 0.3) is 0 Å². The molecule has 0 fully saturated rings. The molecule has 0 saturated heterocycles. The summed E-state index contributed by atoms with van der Waals surface area (Å²) in [5, 5.41) is 30.4. The van der Waals surface area contributed by atoms with Gasteiger partial charge in [-0.05, 0) is 96.3 Å². The molecule has 3 N–H and O–H groups in total. The lowest BCUT2D eigenvalue weighted by Crippen LogP contribution is -2.30. The van der Waals surface area contributed by atoms with Crippen molar-refractivity contribution in [1.82, 2.24) is 0 Å². The molecule has 9 heteroatoms. The Balaban J connectivity index is 4.51. The normalized spacial score (nSPS) is 13.7. The molecule has 66 heavy (non-hydrogen) atoms. The van der Waals surface area contributed by atoms with E-state index in [9.17, 15) is 29.7 Å². The average Bonchev–Trinajstić information content (AvgIpc) is 3.30. The summed E-state index contributed by atoms with van der Waals surface area (Å²) in [6.07, 6.45) is 48.9. The molecule has 0 aromatic heterocycles. The highest BCUT2D eigenvalue weighted by atomic mass is 16.6. The maximum absolute atomic E-state index is 12.8. The van der Waals surface area contributed by atoms with Crippen LogP contribution in [0.4, 0.5) is 0 Å². The van der Waals surface area contributed by atoms with Crippen LogP contribution in [0.25, 0.3) is 0 Å². The second-order valence-corrected chi connectivity index (χ2v) is 19.0. The first kappa shape index (κ1) is 63.5. The molecule has 0 spiro atoms. The van der Waals surface area contributed by atoms with E-state index < -0.39 is 6.10 Å². The van der Waals surface area contributed by atoms with Crippen molar-refractivity contribution < 1.29 is 43.9 Å². The van der Waals surface area contributed by atoms with Gasteiger partial charge in [0.2, 0.25) is 0 Å². The zero-order valence-electron chi connectivity index (χ0n) is 43.1. The summed E-state index contributed by atoms with van der Waals surface area (Å²) in [5.74, 6) is -1.04. The molecule has 0 unspecified atom stereocenters. The highest BCUT2D eigenvalue weighted by Crippen LogP contribution is 2.15. The van der Waals surface area contributed by atoms with E-state index in [1.54, 1.807) is 0 Å². The van der Waals surface area contributed by atoms with Crippen molar-refractivity contribution in [2.24, 2.45) is 0 Å². The lowest BCUT2D eigenvalue weighted by atomic mass is 10.1. The number of unbranched alkanes of at least 4 members (excludes halogenated alkanes) is 24. The third-order valence-electron chi connectivity index (χ3n) is 12.3. The first-order valence-corrected chi connectivity index (χ1v) is 27.7. The van der Waals surface area contributed by atoms with Gasteiger partial charge in [0.15, 0.2) is 6.10 Å². The summed E-state index contributed by atoms with van der Waals surface area (Å²) in [6.45, 7) is 6.33. The molecule has 9 nitrogen and oxygen atoms in total. The molecule has 3 atom stereocenters. The number of hydrogen-bond acceptors (Lipinski definition) is 9. The fraction of sp³-hybridized carbons (Fsp3) is 0.842. The predicted molar refractivity (Wildman–Crippen MR) is 274 cm³/mol. The maximum atomic E-state index is 12.8. The van der Waals surface area contributed by atoms with E-state index in [0.717, 1.165) is 167 Å². The Kier molecular flexibility index (Phi) is 48.5. The van der Waals surface area contributed by atoms with Gasteiger partial charge in [-0.25, -0.2) is 0 Å². The van der Waals surface area contributed by atoms with E-state index in [0.29, 0.717) is 19.3 Å². The number of carbonyl (C=O) groups excluding carboxylic acids is 3. The van der Waals surface area contributed by atoms with Crippen molar-refractivity contribution in [3.05, 3.63) is 36.5 Å². The van der Waals surface area contributed by atoms with E-state index in [4.69, 9.17) is 14.2 Å². The molecule has 0 radical (unpaired) electrons. The number of ether oxygens (including phenoxy) is 3. The van der Waals surface area contributed by atoms with Crippen LogP contribution in [0.5, 0.6) is 0 Å². The Labute approximate surface area is 405 Å². The lowest BCUT2D eigenvalue weighted by Gasteiger charge is -2.18. The number of carbonyl (C=O) groups is 3. The van der Waals surface area contributed by atoms with Gasteiger partial charge in [-0.15, -0.1) is 0 Å². The monoisotopic (exact) mass is 933 g/mol. The molecule has 0 saturated carbocycles. The summed E-state index contributed by atoms with van der Waals surface area (Å²) < 4.78 is 16.7. The van der Waals surface area contributed by atoms with E-state index >= 15 is 0 Å². The van der Waals surface area contributed by atoms with Gasteiger partial charge in [-0.3, -0.25) is 14.4 Å². The van der Waals surface area contributed by atoms with Gasteiger partial charge >= 0.3 is 17.9 Å². The number of aliphatic hydroxyl groups is 3. The van der Waals surface area contributed by atoms with E-state index in [1.807, 2.05) is 0 Å². The Morgan fingerprint density at radius 2 is 0.652 bits per heavy atom. The minimum Gasteiger partial charge on any atom is -0.462 e. The third-order valence-corrected chi connectivity index (χ3v) is 12.3. The smallest absolute Gasteiger partial charge is 0.306 e. The molecule has 0 heterocycles. The Hall–Kier alpha value is -2.49. The quantitative estimate of drug-likeness (QED) is 0.0235. The van der Waals surface area contributed by atoms with E-state index in [-0.39, 0.29) is 55.9 Å². The fourth-order valence-corrected chi connectivity index (χ4v) is 7.95. The van der Waals surface area contributed by atoms with Crippen molar-refractivity contribution in [3.63, 3.8) is 0 Å². The van der Waals surface area contributed by atoms with Crippen molar-refractivity contribution in [2.45, 2.75) is 296 Å². The summed E-state index contributed by atoms with van der Waals surface area (Å²) in [4.78, 5) is 38.1. The topological polar surface area (TPSA) is 140 Å². The van der Waals surface area contributed by atoms with Gasteiger partial charge in [0.05, 0.1) is 18.3 Å². The molecule has 0 aliphatic carbocycles. The van der Waals surface area contributed by atoms with Gasteiger partial charge in [-0.2, -0.15) is 0 Å². The Morgan fingerprint density at radius 3 is 0.985 bits per heavy atom. The minimum atomic E-state index is -0.836. The standard InChI is InChI=1S/C57H104O9/c1-4-7-10-31-40-51(58)43-34-25-19-13-16-22-28-37-46-55(61)64-49-54(66-57(63)48-39-30-24-18-15-21-27-36-45-53(60)42-33-12-9-6-3)50-65-56(62)47-38-29-23-17-14-20-26-35-44-52(59)41-32-11-8-5-2/h25-27,34-36,51-54,58-60H,4-24,28-33,37-50H2,1-3H3/t51-,52-,53-,54?/m1/s1. The Bertz CT molecular complexity index is 1110. The SMILES string of the molecule is CCCCCC[C@@H](O)CC=CCCCCCCCC(=O)OCC(COC(=O)CCCCCCCC=CC[C@H](O)CCCCCC)OC(=O)CCCCCCCC=CC[C@H](O)CCCCCC. The summed E-state index contributed by atoms with van der Waals surface area (Å²) >= 11 is 0. The highest BCUT2D eigenvalue weighted by Gasteiger charge is 2.19. The molecule has 0 aromatic carbocycles. The Morgan fingerprint density at radius 1 is 0.364 bits per heavy atom. The molecule has 386 valence electrons. The fourth-order valence-electron chi connectivity index (χ4n) is 7.95. The average molecular weight is 933 g/mol. The summed E-state index contributed by atoms with van der Waals surface area (Å²) in [6, 6.07) is 0. The van der Waals surface area contributed by atoms with Crippen LogP contribution in [-0.4, -0.2) is 70.9 Å². The van der Waals surface area contributed by atoms with Crippen molar-refractivity contribution in [3.8, 4) is 0 Å². The third kappa shape index (κ3) is 48.0. The second kappa shape index (κ2) is 50.4.